The highest BCUT2D eigenvalue weighted by molar-refractivity contribution is 6.29. The molecule has 58 valence electrons. The molecule has 0 spiro atoms. The van der Waals surface area contributed by atoms with E-state index in [4.69, 9.17) is 11.6 Å². The number of hydrogen-bond acceptors (Lipinski definition) is 2. The highest BCUT2D eigenvalue weighted by atomic mass is 35.5. The SMILES string of the molecule is Cc1cc(CC=O)cc(Cl)n1. The van der Waals surface area contributed by atoms with Crippen molar-refractivity contribution in [1.82, 2.24) is 4.98 Å². The van der Waals surface area contributed by atoms with Crippen LogP contribution < -0.4 is 0 Å². The van der Waals surface area contributed by atoms with Crippen molar-refractivity contribution in [3.8, 4) is 0 Å². The fourth-order valence-electron chi connectivity index (χ4n) is 0.910. The van der Waals surface area contributed by atoms with Gasteiger partial charge in [-0.05, 0) is 24.6 Å². The molecule has 0 amide bonds. The van der Waals surface area contributed by atoms with Gasteiger partial charge in [0.05, 0.1) is 0 Å². The third-order valence-corrected chi connectivity index (χ3v) is 1.49. The van der Waals surface area contributed by atoms with Crippen molar-refractivity contribution in [1.29, 1.82) is 0 Å². The normalized spacial score (nSPS) is 9.64. The van der Waals surface area contributed by atoms with E-state index in [-0.39, 0.29) is 0 Å². The van der Waals surface area contributed by atoms with Crippen LogP contribution in [0, 0.1) is 6.92 Å². The molecule has 1 aromatic heterocycles. The molecular weight excluding hydrogens is 162 g/mol. The molecule has 0 unspecified atom stereocenters. The summed E-state index contributed by atoms with van der Waals surface area (Å²) in [7, 11) is 0. The smallest absolute Gasteiger partial charge is 0.129 e. The van der Waals surface area contributed by atoms with E-state index in [2.05, 4.69) is 4.98 Å². The number of carbonyl (C=O) groups excluding carboxylic acids is 1. The van der Waals surface area contributed by atoms with Crippen molar-refractivity contribution in [2.75, 3.05) is 0 Å². The summed E-state index contributed by atoms with van der Waals surface area (Å²) in [4.78, 5) is 14.1. The van der Waals surface area contributed by atoms with Crippen molar-refractivity contribution in [2.45, 2.75) is 13.3 Å². The lowest BCUT2D eigenvalue weighted by molar-refractivity contribution is -0.107. The van der Waals surface area contributed by atoms with Gasteiger partial charge in [-0.3, -0.25) is 0 Å². The molecule has 1 heterocycles. The summed E-state index contributed by atoms with van der Waals surface area (Å²) >= 11 is 5.66. The summed E-state index contributed by atoms with van der Waals surface area (Å²) < 4.78 is 0. The molecule has 0 N–H and O–H groups in total. The highest BCUT2D eigenvalue weighted by Crippen LogP contribution is 2.09. The zero-order valence-corrected chi connectivity index (χ0v) is 6.93. The third kappa shape index (κ3) is 2.31. The fraction of sp³-hybridized carbons (Fsp3) is 0.250. The van der Waals surface area contributed by atoms with E-state index in [0.29, 0.717) is 11.6 Å². The van der Waals surface area contributed by atoms with E-state index < -0.39 is 0 Å². The van der Waals surface area contributed by atoms with E-state index >= 15 is 0 Å². The fourth-order valence-corrected chi connectivity index (χ4v) is 1.18. The predicted octanol–water partition coefficient (Wildman–Crippen LogP) is 1.78. The van der Waals surface area contributed by atoms with Crippen LogP contribution in [0.2, 0.25) is 5.15 Å². The quantitative estimate of drug-likeness (QED) is 0.499. The molecular formula is C8H8ClNO. The lowest BCUT2D eigenvalue weighted by Crippen LogP contribution is -1.89. The molecule has 0 saturated heterocycles. The lowest BCUT2D eigenvalue weighted by atomic mass is 10.2. The minimum Gasteiger partial charge on any atom is -0.303 e. The number of hydrogen-bond donors (Lipinski definition) is 0. The number of pyridine rings is 1. The van der Waals surface area contributed by atoms with Crippen molar-refractivity contribution >= 4 is 17.9 Å². The van der Waals surface area contributed by atoms with Crippen molar-refractivity contribution in [3.63, 3.8) is 0 Å². The van der Waals surface area contributed by atoms with Crippen molar-refractivity contribution in [2.24, 2.45) is 0 Å². The van der Waals surface area contributed by atoms with Crippen molar-refractivity contribution < 1.29 is 4.79 Å². The maximum atomic E-state index is 10.1. The molecule has 11 heavy (non-hydrogen) atoms. The number of rotatable bonds is 2. The molecule has 0 atom stereocenters. The predicted molar refractivity (Wildman–Crippen MR) is 43.8 cm³/mol. The van der Waals surface area contributed by atoms with Gasteiger partial charge in [0.2, 0.25) is 0 Å². The topological polar surface area (TPSA) is 30.0 Å². The second kappa shape index (κ2) is 3.49. The molecule has 0 aromatic carbocycles. The van der Waals surface area contributed by atoms with Gasteiger partial charge in [0.1, 0.15) is 11.4 Å². The maximum Gasteiger partial charge on any atom is 0.129 e. The van der Waals surface area contributed by atoms with Crippen LogP contribution in [0.15, 0.2) is 12.1 Å². The molecule has 2 nitrogen and oxygen atoms in total. The monoisotopic (exact) mass is 169 g/mol. The van der Waals surface area contributed by atoms with Crippen LogP contribution in [-0.4, -0.2) is 11.3 Å². The standard InChI is InChI=1S/C8H8ClNO/c1-6-4-7(2-3-11)5-8(9)10-6/h3-5H,2H2,1H3. The van der Waals surface area contributed by atoms with E-state index in [9.17, 15) is 4.79 Å². The molecule has 0 saturated carbocycles. The Hall–Kier alpha value is -0.890. The Morgan fingerprint density at radius 2 is 2.36 bits per heavy atom. The minimum absolute atomic E-state index is 0.406. The van der Waals surface area contributed by atoms with E-state index in [1.165, 1.54) is 0 Å². The first-order chi connectivity index (χ1) is 5.22. The second-order valence-electron chi connectivity index (χ2n) is 2.31. The van der Waals surface area contributed by atoms with Crippen LogP contribution >= 0.6 is 11.6 Å². The Kier molecular flexibility index (Phi) is 2.60. The molecule has 0 radical (unpaired) electrons. The lowest BCUT2D eigenvalue weighted by Gasteiger charge is -1.97. The highest BCUT2D eigenvalue weighted by Gasteiger charge is 1.96. The summed E-state index contributed by atoms with van der Waals surface area (Å²) in [6, 6.07) is 3.54. The number of halogens is 1. The maximum absolute atomic E-state index is 10.1. The van der Waals surface area contributed by atoms with Gasteiger partial charge in [-0.1, -0.05) is 11.6 Å². The molecule has 0 aliphatic heterocycles. The summed E-state index contributed by atoms with van der Waals surface area (Å²) in [5.74, 6) is 0. The minimum atomic E-state index is 0.406. The molecule has 1 aromatic rings. The summed E-state index contributed by atoms with van der Waals surface area (Å²) in [6.45, 7) is 1.85. The summed E-state index contributed by atoms with van der Waals surface area (Å²) in [6.07, 6.45) is 1.26. The first kappa shape index (κ1) is 8.21. The Morgan fingerprint density at radius 3 is 2.91 bits per heavy atom. The molecule has 0 bridgehead atoms. The number of carbonyl (C=O) groups is 1. The summed E-state index contributed by atoms with van der Waals surface area (Å²) in [5, 5.41) is 0.446. The number of aromatic nitrogens is 1. The van der Waals surface area contributed by atoms with Gasteiger partial charge in [-0.2, -0.15) is 0 Å². The number of nitrogens with zero attached hydrogens (tertiary/aromatic N) is 1. The van der Waals surface area contributed by atoms with E-state index in [1.54, 1.807) is 6.07 Å². The van der Waals surface area contributed by atoms with Gasteiger partial charge < -0.3 is 4.79 Å². The molecule has 3 heteroatoms. The number of aldehydes is 1. The van der Waals surface area contributed by atoms with Gasteiger partial charge in [0, 0.05) is 12.1 Å². The average Bonchev–Trinajstić information content (AvgIpc) is 1.85. The molecule has 0 aliphatic rings. The molecule has 0 aliphatic carbocycles. The van der Waals surface area contributed by atoms with Gasteiger partial charge in [0.25, 0.3) is 0 Å². The number of aryl methyl sites for hydroxylation is 1. The Labute approximate surface area is 70.2 Å². The first-order valence-corrected chi connectivity index (χ1v) is 3.67. The Balaban J connectivity index is 2.98. The van der Waals surface area contributed by atoms with Crippen LogP contribution in [0.5, 0.6) is 0 Å². The third-order valence-electron chi connectivity index (χ3n) is 1.30. The van der Waals surface area contributed by atoms with Crippen LogP contribution in [0.25, 0.3) is 0 Å². The zero-order chi connectivity index (χ0) is 8.27. The van der Waals surface area contributed by atoms with Gasteiger partial charge in [-0.15, -0.1) is 0 Å². The van der Waals surface area contributed by atoms with E-state index in [0.717, 1.165) is 17.5 Å². The first-order valence-electron chi connectivity index (χ1n) is 3.29. The van der Waals surface area contributed by atoms with Crippen LogP contribution in [0.1, 0.15) is 11.3 Å². The Morgan fingerprint density at radius 1 is 1.64 bits per heavy atom. The Bertz CT molecular complexity index is 253. The van der Waals surface area contributed by atoms with Gasteiger partial charge >= 0.3 is 0 Å². The molecule has 0 fully saturated rings. The zero-order valence-electron chi connectivity index (χ0n) is 6.17. The largest absolute Gasteiger partial charge is 0.303 e. The van der Waals surface area contributed by atoms with Crippen LogP contribution in [0.4, 0.5) is 0 Å². The van der Waals surface area contributed by atoms with Gasteiger partial charge in [0.15, 0.2) is 0 Å². The molecule has 1 rings (SSSR count). The van der Waals surface area contributed by atoms with E-state index in [1.807, 2.05) is 13.0 Å². The summed E-state index contributed by atoms with van der Waals surface area (Å²) in [5.41, 5.74) is 1.76. The van der Waals surface area contributed by atoms with Crippen molar-refractivity contribution in [3.05, 3.63) is 28.5 Å². The van der Waals surface area contributed by atoms with Gasteiger partial charge in [-0.25, -0.2) is 4.98 Å². The average molecular weight is 170 g/mol. The van der Waals surface area contributed by atoms with Crippen LogP contribution in [-0.2, 0) is 11.2 Å². The second-order valence-corrected chi connectivity index (χ2v) is 2.70. The van der Waals surface area contributed by atoms with Crippen LogP contribution in [0.3, 0.4) is 0 Å².